The van der Waals surface area contributed by atoms with Gasteiger partial charge in [0.2, 0.25) is 0 Å². The highest BCUT2D eigenvalue weighted by Gasteiger charge is 2.40. The highest BCUT2D eigenvalue weighted by atomic mass is 79.9. The summed E-state index contributed by atoms with van der Waals surface area (Å²) in [6.07, 6.45) is 5.36. The quantitative estimate of drug-likeness (QED) is 0.806. The summed E-state index contributed by atoms with van der Waals surface area (Å²) in [5, 5.41) is 1.78. The standard InChI is InChI=1S/C12H14BrN3O2S2/c1-15-6-5-14-11(15)8-16(9-2-3-9)20(17,18)12-10(13)4-7-19-12/h4-7,9H,2-3,8H2,1H3. The lowest BCUT2D eigenvalue weighted by molar-refractivity contribution is 0.386. The molecule has 0 atom stereocenters. The number of imidazole rings is 1. The van der Waals surface area contributed by atoms with Crippen LogP contribution in [-0.2, 0) is 23.6 Å². The molecule has 2 aromatic heterocycles. The van der Waals surface area contributed by atoms with Crippen LogP contribution < -0.4 is 0 Å². The lowest BCUT2D eigenvalue weighted by Crippen LogP contribution is -2.33. The monoisotopic (exact) mass is 375 g/mol. The third-order valence-corrected chi connectivity index (χ3v) is 7.85. The van der Waals surface area contributed by atoms with Crippen LogP contribution in [0, 0.1) is 0 Å². The van der Waals surface area contributed by atoms with Crippen LogP contribution in [0.2, 0.25) is 0 Å². The van der Waals surface area contributed by atoms with Crippen LogP contribution in [0.5, 0.6) is 0 Å². The van der Waals surface area contributed by atoms with Crippen molar-refractivity contribution < 1.29 is 8.42 Å². The second kappa shape index (κ2) is 5.25. The molecule has 0 N–H and O–H groups in total. The minimum absolute atomic E-state index is 0.102. The Morgan fingerprint density at radius 1 is 1.55 bits per heavy atom. The number of hydrogen-bond acceptors (Lipinski definition) is 4. The molecule has 0 amide bonds. The molecule has 3 rings (SSSR count). The number of aromatic nitrogens is 2. The van der Waals surface area contributed by atoms with Crippen molar-refractivity contribution in [2.24, 2.45) is 7.05 Å². The van der Waals surface area contributed by atoms with Crippen LogP contribution in [0.4, 0.5) is 0 Å². The normalized spacial score (nSPS) is 15.9. The first-order valence-corrected chi connectivity index (χ1v) is 9.32. The smallest absolute Gasteiger partial charge is 0.254 e. The molecule has 2 aromatic rings. The van der Waals surface area contributed by atoms with E-state index in [2.05, 4.69) is 20.9 Å². The molecule has 5 nitrogen and oxygen atoms in total. The van der Waals surface area contributed by atoms with E-state index >= 15 is 0 Å². The fourth-order valence-electron chi connectivity index (χ4n) is 2.03. The van der Waals surface area contributed by atoms with E-state index in [1.807, 2.05) is 17.8 Å². The molecule has 0 unspecified atom stereocenters. The second-order valence-corrected chi connectivity index (χ2v) is 8.65. The third-order valence-electron chi connectivity index (χ3n) is 3.30. The zero-order valence-corrected chi connectivity index (χ0v) is 14.1. The van der Waals surface area contributed by atoms with Crippen molar-refractivity contribution in [1.29, 1.82) is 0 Å². The molecule has 0 spiro atoms. The lowest BCUT2D eigenvalue weighted by Gasteiger charge is -2.21. The summed E-state index contributed by atoms with van der Waals surface area (Å²) in [7, 11) is -1.59. The van der Waals surface area contributed by atoms with Crippen LogP contribution in [0.15, 0.2) is 32.5 Å². The van der Waals surface area contributed by atoms with Gasteiger partial charge in [-0.3, -0.25) is 0 Å². The number of halogens is 1. The molecule has 0 bridgehead atoms. The summed E-state index contributed by atoms with van der Waals surface area (Å²) in [6.45, 7) is 0.320. The molecule has 1 aliphatic carbocycles. The van der Waals surface area contributed by atoms with E-state index in [1.165, 1.54) is 11.3 Å². The summed E-state index contributed by atoms with van der Waals surface area (Å²) in [5.41, 5.74) is 0. The molecule has 1 fully saturated rings. The van der Waals surface area contributed by atoms with E-state index in [0.29, 0.717) is 15.2 Å². The molecule has 108 valence electrons. The SMILES string of the molecule is Cn1ccnc1CN(C1CC1)S(=O)(=O)c1sccc1Br. The molecule has 2 heterocycles. The Hall–Kier alpha value is -0.700. The first-order chi connectivity index (χ1) is 9.50. The van der Waals surface area contributed by atoms with E-state index in [1.54, 1.807) is 21.9 Å². The van der Waals surface area contributed by atoms with E-state index in [0.717, 1.165) is 18.7 Å². The average molecular weight is 376 g/mol. The summed E-state index contributed by atoms with van der Waals surface area (Å²) in [5.74, 6) is 0.758. The Morgan fingerprint density at radius 2 is 2.30 bits per heavy atom. The zero-order chi connectivity index (χ0) is 14.3. The number of nitrogens with zero attached hydrogens (tertiary/aromatic N) is 3. The fraction of sp³-hybridized carbons (Fsp3) is 0.417. The minimum Gasteiger partial charge on any atom is -0.337 e. The predicted octanol–water partition coefficient (Wildman–Crippen LogP) is 2.60. The summed E-state index contributed by atoms with van der Waals surface area (Å²) in [6, 6.07) is 1.87. The zero-order valence-electron chi connectivity index (χ0n) is 10.9. The maximum atomic E-state index is 12.8. The molecule has 0 radical (unpaired) electrons. The number of thiophene rings is 1. The van der Waals surface area contributed by atoms with Crippen molar-refractivity contribution in [2.45, 2.75) is 29.6 Å². The molecule has 8 heteroatoms. The molecule has 0 saturated heterocycles. The van der Waals surface area contributed by atoms with Crippen LogP contribution in [-0.4, -0.2) is 28.3 Å². The van der Waals surface area contributed by atoms with Crippen LogP contribution in [0.1, 0.15) is 18.7 Å². The van der Waals surface area contributed by atoms with Gasteiger partial charge in [-0.15, -0.1) is 11.3 Å². The average Bonchev–Trinajstić information content (AvgIpc) is 3.00. The molecule has 0 aliphatic heterocycles. The van der Waals surface area contributed by atoms with Gasteiger partial charge in [0.15, 0.2) is 0 Å². The Morgan fingerprint density at radius 3 is 2.80 bits per heavy atom. The Kier molecular flexibility index (Phi) is 3.74. The van der Waals surface area contributed by atoms with E-state index in [4.69, 9.17) is 0 Å². The molecule has 20 heavy (non-hydrogen) atoms. The van der Waals surface area contributed by atoms with E-state index in [9.17, 15) is 8.42 Å². The Labute approximate surface area is 130 Å². The topological polar surface area (TPSA) is 55.2 Å². The van der Waals surface area contributed by atoms with Gasteiger partial charge in [0, 0.05) is 30.0 Å². The van der Waals surface area contributed by atoms with Crippen molar-refractivity contribution in [3.05, 3.63) is 34.1 Å². The molecule has 1 aliphatic rings. The van der Waals surface area contributed by atoms with Gasteiger partial charge in [0.05, 0.1) is 6.54 Å². The van der Waals surface area contributed by atoms with Gasteiger partial charge in [0.25, 0.3) is 10.0 Å². The van der Waals surface area contributed by atoms with Crippen LogP contribution in [0.3, 0.4) is 0 Å². The maximum absolute atomic E-state index is 12.8. The highest BCUT2D eigenvalue weighted by Crippen LogP contribution is 2.37. The third kappa shape index (κ3) is 2.57. The van der Waals surface area contributed by atoms with Crippen molar-refractivity contribution in [3.8, 4) is 0 Å². The van der Waals surface area contributed by atoms with Crippen molar-refractivity contribution in [2.75, 3.05) is 0 Å². The van der Waals surface area contributed by atoms with Gasteiger partial charge in [-0.25, -0.2) is 13.4 Å². The van der Waals surface area contributed by atoms with Crippen LogP contribution in [0.25, 0.3) is 0 Å². The van der Waals surface area contributed by atoms with Gasteiger partial charge >= 0.3 is 0 Å². The first kappa shape index (κ1) is 14.2. The predicted molar refractivity (Wildman–Crippen MR) is 81.0 cm³/mol. The first-order valence-electron chi connectivity index (χ1n) is 6.21. The Bertz CT molecular complexity index is 719. The van der Waals surface area contributed by atoms with Gasteiger partial charge in [-0.05, 0) is 40.2 Å². The van der Waals surface area contributed by atoms with Gasteiger partial charge < -0.3 is 4.57 Å². The molecular weight excluding hydrogens is 362 g/mol. The molecular formula is C12H14BrN3O2S2. The minimum atomic E-state index is -3.47. The molecule has 1 saturated carbocycles. The Balaban J connectivity index is 1.95. The van der Waals surface area contributed by atoms with Gasteiger partial charge in [0.1, 0.15) is 10.0 Å². The lowest BCUT2D eigenvalue weighted by atomic mass is 10.5. The van der Waals surface area contributed by atoms with E-state index < -0.39 is 10.0 Å². The second-order valence-electron chi connectivity index (χ2n) is 4.79. The molecule has 0 aromatic carbocycles. The van der Waals surface area contributed by atoms with Gasteiger partial charge in [-0.1, -0.05) is 0 Å². The number of sulfonamides is 1. The number of aryl methyl sites for hydroxylation is 1. The summed E-state index contributed by atoms with van der Waals surface area (Å²) < 4.78 is 30.0. The largest absolute Gasteiger partial charge is 0.337 e. The van der Waals surface area contributed by atoms with E-state index in [-0.39, 0.29) is 6.04 Å². The van der Waals surface area contributed by atoms with Crippen molar-refractivity contribution >= 4 is 37.3 Å². The highest BCUT2D eigenvalue weighted by molar-refractivity contribution is 9.10. The summed E-state index contributed by atoms with van der Waals surface area (Å²) in [4.78, 5) is 4.23. The van der Waals surface area contributed by atoms with Crippen LogP contribution >= 0.6 is 27.3 Å². The van der Waals surface area contributed by atoms with Gasteiger partial charge in [-0.2, -0.15) is 4.31 Å². The van der Waals surface area contributed by atoms with Crippen molar-refractivity contribution in [1.82, 2.24) is 13.9 Å². The summed E-state index contributed by atoms with van der Waals surface area (Å²) >= 11 is 4.56. The number of rotatable bonds is 5. The number of hydrogen-bond donors (Lipinski definition) is 0. The fourth-order valence-corrected chi connectivity index (χ4v) is 6.10. The van der Waals surface area contributed by atoms with Crippen molar-refractivity contribution in [3.63, 3.8) is 0 Å². The maximum Gasteiger partial charge on any atom is 0.254 e.